The topological polar surface area (TPSA) is 18.5 Å². The molecular weight excluding hydrogens is 163 g/mol. The van der Waals surface area contributed by atoms with Gasteiger partial charge < -0.3 is 9.31 Å². The van der Waals surface area contributed by atoms with Crippen LogP contribution in [-0.4, -0.2) is 19.3 Å². The summed E-state index contributed by atoms with van der Waals surface area (Å²) in [5.41, 5.74) is -0.00141. The largest absolute Gasteiger partial charge is 0.460 e. The van der Waals surface area contributed by atoms with Crippen molar-refractivity contribution in [2.75, 3.05) is 6.61 Å². The highest BCUT2D eigenvalue weighted by atomic mass is 16.6. The minimum Gasteiger partial charge on any atom is -0.410 e. The molecule has 0 amide bonds. The summed E-state index contributed by atoms with van der Waals surface area (Å²) in [6, 6.07) is 0. The van der Waals surface area contributed by atoms with Crippen molar-refractivity contribution < 1.29 is 9.31 Å². The van der Waals surface area contributed by atoms with Gasteiger partial charge in [0.15, 0.2) is 0 Å². The summed E-state index contributed by atoms with van der Waals surface area (Å²) in [7, 11) is -0.0389. The average Bonchev–Trinajstić information content (AvgIpc) is 1.94. The lowest BCUT2D eigenvalue weighted by Gasteiger charge is -2.48. The van der Waals surface area contributed by atoms with E-state index in [1.54, 1.807) is 0 Å². The van der Waals surface area contributed by atoms with Crippen LogP contribution in [0.15, 0.2) is 0 Å². The minimum absolute atomic E-state index is 0.0389. The Bertz CT molecular complexity index is 187. The third-order valence-corrected chi connectivity index (χ3v) is 3.19. The van der Waals surface area contributed by atoms with Crippen molar-refractivity contribution in [2.45, 2.75) is 53.0 Å². The number of rotatable bonds is 1. The Kier molecular flexibility index (Phi) is 2.79. The quantitative estimate of drug-likeness (QED) is 0.583. The zero-order valence-electron chi connectivity index (χ0n) is 9.68. The van der Waals surface area contributed by atoms with Gasteiger partial charge in [0.2, 0.25) is 0 Å². The van der Waals surface area contributed by atoms with Crippen molar-refractivity contribution >= 4 is 7.12 Å². The standard InChI is InChI=1S/C10H21BO2/c1-8(2)11-12-7-9(3,4)10(5,6)13-11/h8H,7H2,1-6H3. The predicted molar refractivity (Wildman–Crippen MR) is 55.7 cm³/mol. The predicted octanol–water partition coefficient (Wildman–Crippen LogP) is 2.74. The Labute approximate surface area is 82.1 Å². The third-order valence-electron chi connectivity index (χ3n) is 3.19. The molecular formula is C10H21BO2. The van der Waals surface area contributed by atoms with Crippen LogP contribution in [0, 0.1) is 5.41 Å². The summed E-state index contributed by atoms with van der Waals surface area (Å²) in [5.74, 6) is 0.426. The van der Waals surface area contributed by atoms with Crippen LogP contribution in [0.1, 0.15) is 41.5 Å². The molecule has 0 radical (unpaired) electrons. The van der Waals surface area contributed by atoms with Crippen molar-refractivity contribution in [3.8, 4) is 0 Å². The third kappa shape index (κ3) is 2.08. The van der Waals surface area contributed by atoms with Gasteiger partial charge in [-0.15, -0.1) is 0 Å². The van der Waals surface area contributed by atoms with E-state index in [0.717, 1.165) is 6.61 Å². The Morgan fingerprint density at radius 2 is 1.69 bits per heavy atom. The van der Waals surface area contributed by atoms with Crippen LogP contribution in [0.4, 0.5) is 0 Å². The van der Waals surface area contributed by atoms with Crippen LogP contribution >= 0.6 is 0 Å². The van der Waals surface area contributed by atoms with Crippen molar-refractivity contribution in [1.29, 1.82) is 0 Å². The van der Waals surface area contributed by atoms with Gasteiger partial charge in [-0.1, -0.05) is 27.7 Å². The molecule has 1 aliphatic heterocycles. The van der Waals surface area contributed by atoms with Gasteiger partial charge in [0, 0.05) is 12.0 Å². The lowest BCUT2D eigenvalue weighted by molar-refractivity contribution is -0.0997. The zero-order chi connectivity index (χ0) is 10.3. The smallest absolute Gasteiger partial charge is 0.410 e. The van der Waals surface area contributed by atoms with Crippen molar-refractivity contribution in [3.63, 3.8) is 0 Å². The molecule has 0 aliphatic carbocycles. The Balaban J connectivity index is 2.71. The monoisotopic (exact) mass is 184 g/mol. The number of hydrogen-bond donors (Lipinski definition) is 0. The number of hydrogen-bond acceptors (Lipinski definition) is 2. The molecule has 0 saturated carbocycles. The first kappa shape index (κ1) is 11.1. The van der Waals surface area contributed by atoms with Crippen LogP contribution in [0.5, 0.6) is 0 Å². The molecule has 0 aromatic heterocycles. The van der Waals surface area contributed by atoms with Gasteiger partial charge in [-0.3, -0.25) is 0 Å². The normalized spacial score (nSPS) is 26.5. The van der Waals surface area contributed by atoms with Crippen LogP contribution < -0.4 is 0 Å². The molecule has 1 rings (SSSR count). The molecule has 1 aliphatic rings. The maximum absolute atomic E-state index is 5.93. The van der Waals surface area contributed by atoms with E-state index >= 15 is 0 Å². The van der Waals surface area contributed by atoms with Crippen LogP contribution in [0.3, 0.4) is 0 Å². The molecule has 1 heterocycles. The van der Waals surface area contributed by atoms with E-state index in [0.29, 0.717) is 5.82 Å². The fraction of sp³-hybridized carbons (Fsp3) is 1.00. The van der Waals surface area contributed by atoms with E-state index in [9.17, 15) is 0 Å². The minimum atomic E-state index is -0.0970. The summed E-state index contributed by atoms with van der Waals surface area (Å²) in [6.07, 6.45) is 0. The molecule has 76 valence electrons. The molecule has 1 fully saturated rings. The van der Waals surface area contributed by atoms with Gasteiger partial charge in [0.25, 0.3) is 0 Å². The fourth-order valence-electron chi connectivity index (χ4n) is 1.28. The van der Waals surface area contributed by atoms with Crippen molar-refractivity contribution in [2.24, 2.45) is 5.41 Å². The maximum Gasteiger partial charge on any atom is 0.460 e. The summed E-state index contributed by atoms with van der Waals surface area (Å²) >= 11 is 0. The van der Waals surface area contributed by atoms with Gasteiger partial charge in [0.05, 0.1) is 5.60 Å². The van der Waals surface area contributed by atoms with E-state index in [1.165, 1.54) is 0 Å². The first-order valence-electron chi connectivity index (χ1n) is 5.06. The molecule has 1 saturated heterocycles. The van der Waals surface area contributed by atoms with E-state index < -0.39 is 0 Å². The van der Waals surface area contributed by atoms with Gasteiger partial charge in [-0.05, 0) is 19.7 Å². The maximum atomic E-state index is 5.93. The van der Waals surface area contributed by atoms with E-state index in [-0.39, 0.29) is 18.1 Å². The van der Waals surface area contributed by atoms with Crippen molar-refractivity contribution in [1.82, 2.24) is 0 Å². The highest BCUT2D eigenvalue weighted by molar-refractivity contribution is 6.46. The molecule has 3 heteroatoms. The van der Waals surface area contributed by atoms with Crippen LogP contribution in [-0.2, 0) is 9.31 Å². The first-order valence-corrected chi connectivity index (χ1v) is 5.06. The second-order valence-electron chi connectivity index (χ2n) is 5.44. The fourth-order valence-corrected chi connectivity index (χ4v) is 1.28. The van der Waals surface area contributed by atoms with Crippen LogP contribution in [0.25, 0.3) is 0 Å². The van der Waals surface area contributed by atoms with Gasteiger partial charge in [-0.2, -0.15) is 0 Å². The van der Waals surface area contributed by atoms with E-state index in [1.807, 2.05) is 0 Å². The van der Waals surface area contributed by atoms with Gasteiger partial charge >= 0.3 is 7.12 Å². The lowest BCUT2D eigenvalue weighted by Crippen LogP contribution is -2.55. The second kappa shape index (κ2) is 3.28. The molecule has 0 atom stereocenters. The van der Waals surface area contributed by atoms with Gasteiger partial charge in [-0.25, -0.2) is 0 Å². The Morgan fingerprint density at radius 1 is 1.15 bits per heavy atom. The first-order chi connectivity index (χ1) is 5.76. The summed E-state index contributed by atoms with van der Waals surface area (Å²) < 4.78 is 11.6. The van der Waals surface area contributed by atoms with Gasteiger partial charge in [0.1, 0.15) is 0 Å². The second-order valence-corrected chi connectivity index (χ2v) is 5.44. The average molecular weight is 184 g/mol. The molecule has 0 N–H and O–H groups in total. The summed E-state index contributed by atoms with van der Waals surface area (Å²) in [5, 5.41) is 0. The summed E-state index contributed by atoms with van der Waals surface area (Å²) in [6.45, 7) is 13.7. The highest BCUT2D eigenvalue weighted by Crippen LogP contribution is 2.39. The molecule has 0 spiro atoms. The molecule has 0 bridgehead atoms. The van der Waals surface area contributed by atoms with E-state index in [4.69, 9.17) is 9.31 Å². The highest BCUT2D eigenvalue weighted by Gasteiger charge is 2.46. The SMILES string of the molecule is CC(C)B1OCC(C)(C)C(C)(C)O1. The lowest BCUT2D eigenvalue weighted by atomic mass is 9.67. The molecule has 0 unspecified atom stereocenters. The Morgan fingerprint density at radius 3 is 2.08 bits per heavy atom. The Hall–Kier alpha value is -0.0151. The molecule has 0 aromatic rings. The zero-order valence-corrected chi connectivity index (χ0v) is 9.68. The molecule has 13 heavy (non-hydrogen) atoms. The van der Waals surface area contributed by atoms with E-state index in [2.05, 4.69) is 41.5 Å². The summed E-state index contributed by atoms with van der Waals surface area (Å²) in [4.78, 5) is 0. The van der Waals surface area contributed by atoms with Crippen LogP contribution in [0.2, 0.25) is 5.82 Å². The molecule has 0 aromatic carbocycles. The molecule has 2 nitrogen and oxygen atoms in total. The van der Waals surface area contributed by atoms with Crippen molar-refractivity contribution in [3.05, 3.63) is 0 Å².